The van der Waals surface area contributed by atoms with E-state index in [9.17, 15) is 14.7 Å². The van der Waals surface area contributed by atoms with Crippen LogP contribution < -0.4 is 10.1 Å². The predicted octanol–water partition coefficient (Wildman–Crippen LogP) is 4.55. The third-order valence-corrected chi connectivity index (χ3v) is 3.75. The van der Waals surface area contributed by atoms with Crippen LogP contribution in [0.4, 0.5) is 5.69 Å². The fraction of sp³-hybridized carbons (Fsp3) is 0.176. The number of hydrogen-bond acceptors (Lipinski definition) is 4. The molecule has 2 aromatic rings. The number of ketones is 1. The molecule has 0 aliphatic rings. The molecule has 24 heavy (non-hydrogen) atoms. The van der Waals surface area contributed by atoms with E-state index >= 15 is 0 Å². The third kappa shape index (κ3) is 3.99. The van der Waals surface area contributed by atoms with Crippen molar-refractivity contribution in [3.63, 3.8) is 0 Å². The zero-order chi connectivity index (χ0) is 17.9. The van der Waals surface area contributed by atoms with Crippen molar-refractivity contribution < 1.29 is 19.4 Å². The van der Waals surface area contributed by atoms with Gasteiger partial charge < -0.3 is 15.2 Å². The largest absolute Gasteiger partial charge is 0.507 e. The lowest BCUT2D eigenvalue weighted by Gasteiger charge is -2.11. The maximum absolute atomic E-state index is 12.3. The number of benzene rings is 2. The van der Waals surface area contributed by atoms with Crippen molar-refractivity contribution in [2.75, 3.05) is 11.9 Å². The minimum absolute atomic E-state index is 0.181. The summed E-state index contributed by atoms with van der Waals surface area (Å²) in [7, 11) is 0. The molecular formula is C17H15Cl2NO4. The highest BCUT2D eigenvalue weighted by molar-refractivity contribution is 6.37. The highest BCUT2D eigenvalue weighted by Gasteiger charge is 2.15. The van der Waals surface area contributed by atoms with Gasteiger partial charge in [0.1, 0.15) is 5.75 Å². The maximum Gasteiger partial charge on any atom is 0.255 e. The Bertz CT molecular complexity index is 782. The SMILES string of the molecule is CCOc1c(Cl)cc(C(=O)Nc2ccc(C(C)=O)c(O)c2)cc1Cl. The monoisotopic (exact) mass is 367 g/mol. The standard InChI is InChI=1S/C17H15Cl2NO4/c1-3-24-16-13(18)6-10(7-14(16)19)17(23)20-11-4-5-12(9(2)21)15(22)8-11/h4-8,22H,3H2,1-2H3,(H,20,23). The number of amides is 1. The van der Waals surface area contributed by atoms with E-state index < -0.39 is 5.91 Å². The zero-order valence-electron chi connectivity index (χ0n) is 13.0. The van der Waals surface area contributed by atoms with Crippen LogP contribution in [-0.2, 0) is 0 Å². The lowest BCUT2D eigenvalue weighted by molar-refractivity contribution is 0.101. The first-order valence-electron chi connectivity index (χ1n) is 7.10. The lowest BCUT2D eigenvalue weighted by Crippen LogP contribution is -2.12. The quantitative estimate of drug-likeness (QED) is 0.759. The van der Waals surface area contributed by atoms with E-state index in [1.54, 1.807) is 6.92 Å². The Morgan fingerprint density at radius 3 is 2.29 bits per heavy atom. The van der Waals surface area contributed by atoms with Gasteiger partial charge in [0.15, 0.2) is 11.5 Å². The molecule has 0 saturated carbocycles. The molecule has 0 radical (unpaired) electrons. The average Bonchev–Trinajstić information content (AvgIpc) is 2.50. The van der Waals surface area contributed by atoms with Gasteiger partial charge in [0.25, 0.3) is 5.91 Å². The van der Waals surface area contributed by atoms with Gasteiger partial charge >= 0.3 is 0 Å². The topological polar surface area (TPSA) is 75.6 Å². The minimum atomic E-state index is -0.461. The van der Waals surface area contributed by atoms with Crippen LogP contribution >= 0.6 is 23.2 Å². The Hall–Kier alpha value is -2.24. The predicted molar refractivity (Wildman–Crippen MR) is 93.7 cm³/mol. The van der Waals surface area contributed by atoms with E-state index in [-0.39, 0.29) is 32.7 Å². The molecule has 7 heteroatoms. The fourth-order valence-corrected chi connectivity index (χ4v) is 2.68. The lowest BCUT2D eigenvalue weighted by atomic mass is 10.1. The van der Waals surface area contributed by atoms with Gasteiger partial charge in [-0.3, -0.25) is 9.59 Å². The molecule has 0 bridgehead atoms. The van der Waals surface area contributed by atoms with E-state index in [1.807, 2.05) is 0 Å². The number of rotatable bonds is 5. The Labute approximate surface area is 149 Å². The molecule has 0 saturated heterocycles. The van der Waals surface area contributed by atoms with Crippen molar-refractivity contribution in [1.82, 2.24) is 0 Å². The Kier molecular flexibility index (Phi) is 5.70. The Morgan fingerprint density at radius 1 is 1.17 bits per heavy atom. The molecule has 0 unspecified atom stereocenters. The maximum atomic E-state index is 12.3. The second-order valence-corrected chi connectivity index (χ2v) is 5.76. The summed E-state index contributed by atoms with van der Waals surface area (Å²) in [5, 5.41) is 12.9. The molecule has 0 aliphatic carbocycles. The van der Waals surface area contributed by atoms with Crippen molar-refractivity contribution in [3.8, 4) is 11.5 Å². The molecule has 2 rings (SSSR count). The van der Waals surface area contributed by atoms with Gasteiger partial charge in [-0.25, -0.2) is 0 Å². The molecule has 2 N–H and O–H groups in total. The van der Waals surface area contributed by atoms with Gasteiger partial charge in [-0.2, -0.15) is 0 Å². The number of Topliss-reactive ketones (excluding diaryl/α,β-unsaturated/α-hetero) is 1. The second kappa shape index (κ2) is 7.55. The molecular weight excluding hydrogens is 353 g/mol. The van der Waals surface area contributed by atoms with Crippen LogP contribution in [-0.4, -0.2) is 23.4 Å². The summed E-state index contributed by atoms with van der Waals surface area (Å²) >= 11 is 12.1. The number of carbonyl (C=O) groups excluding carboxylic acids is 2. The number of aromatic hydroxyl groups is 1. The van der Waals surface area contributed by atoms with Crippen molar-refractivity contribution in [1.29, 1.82) is 0 Å². The summed E-state index contributed by atoms with van der Waals surface area (Å²) in [4.78, 5) is 23.6. The summed E-state index contributed by atoms with van der Waals surface area (Å²) in [5.41, 5.74) is 0.757. The van der Waals surface area contributed by atoms with Crippen LogP contribution in [0.15, 0.2) is 30.3 Å². The number of hydrogen-bond donors (Lipinski definition) is 2. The van der Waals surface area contributed by atoms with Crippen LogP contribution in [0.5, 0.6) is 11.5 Å². The highest BCUT2D eigenvalue weighted by Crippen LogP contribution is 2.34. The first kappa shape index (κ1) is 18.1. The molecule has 0 aliphatic heterocycles. The second-order valence-electron chi connectivity index (χ2n) is 4.94. The number of carbonyl (C=O) groups is 2. The fourth-order valence-electron chi connectivity index (χ4n) is 2.08. The summed E-state index contributed by atoms with van der Waals surface area (Å²) in [6, 6.07) is 7.14. The van der Waals surface area contributed by atoms with E-state index in [0.717, 1.165) is 0 Å². The summed E-state index contributed by atoms with van der Waals surface area (Å²) in [5.74, 6) is -0.615. The Morgan fingerprint density at radius 2 is 1.79 bits per heavy atom. The van der Waals surface area contributed by atoms with Gasteiger partial charge in [0.05, 0.1) is 22.2 Å². The van der Waals surface area contributed by atoms with Crippen molar-refractivity contribution in [2.24, 2.45) is 0 Å². The molecule has 126 valence electrons. The normalized spacial score (nSPS) is 10.3. The molecule has 1 amide bonds. The first-order valence-corrected chi connectivity index (χ1v) is 7.86. The van der Waals surface area contributed by atoms with Crippen molar-refractivity contribution >= 4 is 40.6 Å². The van der Waals surface area contributed by atoms with Crippen LogP contribution in [0.3, 0.4) is 0 Å². The molecule has 5 nitrogen and oxygen atoms in total. The zero-order valence-corrected chi connectivity index (χ0v) is 14.5. The number of halogens is 2. The first-order chi connectivity index (χ1) is 11.3. The Balaban J connectivity index is 2.24. The van der Waals surface area contributed by atoms with Crippen LogP contribution in [0, 0.1) is 0 Å². The summed E-state index contributed by atoms with van der Waals surface area (Å²) < 4.78 is 5.31. The van der Waals surface area contributed by atoms with Crippen LogP contribution in [0.25, 0.3) is 0 Å². The summed E-state index contributed by atoms with van der Waals surface area (Å²) in [6.07, 6.45) is 0. The van der Waals surface area contributed by atoms with Gasteiger partial charge in [0.2, 0.25) is 0 Å². The highest BCUT2D eigenvalue weighted by atomic mass is 35.5. The van der Waals surface area contributed by atoms with Crippen LogP contribution in [0.1, 0.15) is 34.6 Å². The summed E-state index contributed by atoms with van der Waals surface area (Å²) in [6.45, 7) is 3.54. The van der Waals surface area contributed by atoms with Gasteiger partial charge in [-0.1, -0.05) is 23.2 Å². The average molecular weight is 368 g/mol. The van der Waals surface area contributed by atoms with Crippen molar-refractivity contribution in [2.45, 2.75) is 13.8 Å². The van der Waals surface area contributed by atoms with Gasteiger partial charge in [-0.15, -0.1) is 0 Å². The number of ether oxygens (including phenoxy) is 1. The number of nitrogens with one attached hydrogen (secondary N) is 1. The molecule has 0 aromatic heterocycles. The smallest absolute Gasteiger partial charge is 0.255 e. The van der Waals surface area contributed by atoms with E-state index in [0.29, 0.717) is 18.0 Å². The van der Waals surface area contributed by atoms with Gasteiger partial charge in [0, 0.05) is 17.3 Å². The molecule has 0 fully saturated rings. The minimum Gasteiger partial charge on any atom is -0.507 e. The van der Waals surface area contributed by atoms with E-state index in [2.05, 4.69) is 5.32 Å². The third-order valence-electron chi connectivity index (χ3n) is 3.18. The number of anilines is 1. The van der Waals surface area contributed by atoms with Gasteiger partial charge in [-0.05, 0) is 38.1 Å². The van der Waals surface area contributed by atoms with Crippen LogP contribution in [0.2, 0.25) is 10.0 Å². The molecule has 2 aromatic carbocycles. The van der Waals surface area contributed by atoms with E-state index in [4.69, 9.17) is 27.9 Å². The molecule has 0 heterocycles. The number of phenolic OH excluding ortho intramolecular Hbond substituents is 1. The molecule has 0 atom stereocenters. The van der Waals surface area contributed by atoms with Crippen molar-refractivity contribution in [3.05, 3.63) is 51.5 Å². The number of phenols is 1. The molecule has 0 spiro atoms. The van der Waals surface area contributed by atoms with E-state index in [1.165, 1.54) is 37.3 Å².